The first-order chi connectivity index (χ1) is 11.6. The van der Waals surface area contributed by atoms with Crippen LogP contribution in [0.3, 0.4) is 0 Å². The summed E-state index contributed by atoms with van der Waals surface area (Å²) in [6.45, 7) is 2.86. The third-order valence-corrected chi connectivity index (χ3v) is 4.92. The van der Waals surface area contributed by atoms with Crippen LogP contribution in [0.2, 0.25) is 0 Å². The van der Waals surface area contributed by atoms with Crippen molar-refractivity contribution >= 4 is 11.9 Å². The summed E-state index contributed by atoms with van der Waals surface area (Å²) in [5.41, 5.74) is 2.80. The molecule has 3 amide bonds. The van der Waals surface area contributed by atoms with Crippen LogP contribution in [0.4, 0.5) is 4.79 Å². The van der Waals surface area contributed by atoms with Crippen molar-refractivity contribution in [2.75, 3.05) is 33.7 Å². The van der Waals surface area contributed by atoms with Gasteiger partial charge in [0.25, 0.3) is 5.91 Å². The summed E-state index contributed by atoms with van der Waals surface area (Å²) in [5.74, 6) is 0.105. The molecule has 0 aliphatic carbocycles. The molecule has 0 N–H and O–H groups in total. The van der Waals surface area contributed by atoms with E-state index in [9.17, 15) is 9.59 Å². The Balaban J connectivity index is 1.81. The molecule has 1 aromatic heterocycles. The molecule has 0 atom stereocenters. The van der Waals surface area contributed by atoms with Gasteiger partial charge in [-0.3, -0.25) is 9.78 Å². The van der Waals surface area contributed by atoms with Crippen molar-refractivity contribution in [3.8, 4) is 0 Å². The minimum Gasteiger partial charge on any atom is -0.339 e. The SMILES string of the molecule is CN(C)C(=O)N1CCc2c(cncc2C(=O)N2CCCCCC2)C1. The topological polar surface area (TPSA) is 56.8 Å². The van der Waals surface area contributed by atoms with Crippen LogP contribution < -0.4 is 0 Å². The number of hydrogen-bond acceptors (Lipinski definition) is 3. The Kier molecular flexibility index (Phi) is 5.02. The van der Waals surface area contributed by atoms with Crippen molar-refractivity contribution in [1.29, 1.82) is 0 Å². The molecular formula is C18H26N4O2. The fraction of sp³-hybridized carbons (Fsp3) is 0.611. The Bertz CT molecular complexity index is 621. The largest absolute Gasteiger partial charge is 0.339 e. The van der Waals surface area contributed by atoms with Crippen LogP contribution in [0.5, 0.6) is 0 Å². The summed E-state index contributed by atoms with van der Waals surface area (Å²) < 4.78 is 0. The zero-order chi connectivity index (χ0) is 17.1. The molecule has 0 radical (unpaired) electrons. The average molecular weight is 330 g/mol. The Hall–Kier alpha value is -2.11. The van der Waals surface area contributed by atoms with Crippen LogP contribution in [0.15, 0.2) is 12.4 Å². The summed E-state index contributed by atoms with van der Waals surface area (Å²) in [7, 11) is 3.52. The van der Waals surface area contributed by atoms with Crippen molar-refractivity contribution in [2.24, 2.45) is 0 Å². The monoisotopic (exact) mass is 330 g/mol. The molecule has 1 saturated heterocycles. The summed E-state index contributed by atoms with van der Waals surface area (Å²) in [6.07, 6.45) is 8.79. The van der Waals surface area contributed by atoms with E-state index in [4.69, 9.17) is 0 Å². The van der Waals surface area contributed by atoms with E-state index in [1.165, 1.54) is 12.8 Å². The first kappa shape index (κ1) is 16.7. The molecule has 2 aliphatic rings. The van der Waals surface area contributed by atoms with Gasteiger partial charge in [-0.2, -0.15) is 0 Å². The highest BCUT2D eigenvalue weighted by Gasteiger charge is 2.27. The van der Waals surface area contributed by atoms with Crippen molar-refractivity contribution in [1.82, 2.24) is 19.7 Å². The zero-order valence-electron chi connectivity index (χ0n) is 14.6. The molecule has 3 heterocycles. The molecule has 1 aromatic rings. The molecule has 3 rings (SSSR count). The molecule has 130 valence electrons. The zero-order valence-corrected chi connectivity index (χ0v) is 14.6. The van der Waals surface area contributed by atoms with Gasteiger partial charge in [-0.15, -0.1) is 0 Å². The fourth-order valence-electron chi connectivity index (χ4n) is 3.57. The molecule has 2 aliphatic heterocycles. The minimum atomic E-state index is 0.00453. The first-order valence-electron chi connectivity index (χ1n) is 8.79. The van der Waals surface area contributed by atoms with Gasteiger partial charge < -0.3 is 14.7 Å². The number of carbonyl (C=O) groups is 2. The number of likely N-dealkylation sites (tertiary alicyclic amines) is 1. The Labute approximate surface area is 143 Å². The Morgan fingerprint density at radius 2 is 1.71 bits per heavy atom. The van der Waals surface area contributed by atoms with Crippen LogP contribution >= 0.6 is 0 Å². The fourth-order valence-corrected chi connectivity index (χ4v) is 3.57. The predicted molar refractivity (Wildman–Crippen MR) is 91.8 cm³/mol. The van der Waals surface area contributed by atoms with E-state index in [-0.39, 0.29) is 11.9 Å². The number of pyridine rings is 1. The first-order valence-corrected chi connectivity index (χ1v) is 8.79. The molecular weight excluding hydrogens is 304 g/mol. The molecule has 0 spiro atoms. The van der Waals surface area contributed by atoms with Crippen molar-refractivity contribution in [3.05, 3.63) is 29.1 Å². The van der Waals surface area contributed by atoms with E-state index in [1.807, 2.05) is 9.80 Å². The van der Waals surface area contributed by atoms with Crippen molar-refractivity contribution < 1.29 is 9.59 Å². The third-order valence-electron chi connectivity index (χ3n) is 4.92. The van der Waals surface area contributed by atoms with E-state index in [0.717, 1.165) is 42.6 Å². The summed E-state index contributed by atoms with van der Waals surface area (Å²) in [4.78, 5) is 34.8. The van der Waals surface area contributed by atoms with Crippen LogP contribution in [-0.4, -0.2) is 65.4 Å². The van der Waals surface area contributed by atoms with Crippen LogP contribution in [0, 0.1) is 0 Å². The maximum Gasteiger partial charge on any atom is 0.319 e. The number of aromatic nitrogens is 1. The normalized spacial score (nSPS) is 17.9. The molecule has 0 unspecified atom stereocenters. The van der Waals surface area contributed by atoms with Gasteiger partial charge in [-0.25, -0.2) is 4.79 Å². The smallest absolute Gasteiger partial charge is 0.319 e. The molecule has 0 saturated carbocycles. The lowest BCUT2D eigenvalue weighted by atomic mass is 9.96. The number of carbonyl (C=O) groups excluding carboxylic acids is 2. The highest BCUT2D eigenvalue weighted by Crippen LogP contribution is 2.24. The molecule has 0 aromatic carbocycles. The second-order valence-corrected chi connectivity index (χ2v) is 6.88. The molecule has 1 fully saturated rings. The second-order valence-electron chi connectivity index (χ2n) is 6.88. The number of amides is 3. The number of fused-ring (bicyclic) bond motifs is 1. The van der Waals surface area contributed by atoms with Gasteiger partial charge in [0.1, 0.15) is 0 Å². The van der Waals surface area contributed by atoms with Crippen LogP contribution in [0.1, 0.15) is 47.2 Å². The summed E-state index contributed by atoms with van der Waals surface area (Å²) >= 11 is 0. The highest BCUT2D eigenvalue weighted by atomic mass is 16.2. The van der Waals surface area contributed by atoms with E-state index in [2.05, 4.69) is 4.98 Å². The number of nitrogens with zero attached hydrogens (tertiary/aromatic N) is 4. The molecule has 6 heteroatoms. The summed E-state index contributed by atoms with van der Waals surface area (Å²) in [5, 5.41) is 0. The second kappa shape index (κ2) is 7.20. The van der Waals surface area contributed by atoms with E-state index in [0.29, 0.717) is 19.5 Å². The lowest BCUT2D eigenvalue weighted by Gasteiger charge is -2.32. The number of hydrogen-bond donors (Lipinski definition) is 0. The van der Waals surface area contributed by atoms with E-state index in [1.54, 1.807) is 31.4 Å². The summed E-state index contributed by atoms with van der Waals surface area (Å²) in [6, 6.07) is 0.00453. The van der Waals surface area contributed by atoms with Gasteiger partial charge in [0.15, 0.2) is 0 Å². The number of urea groups is 1. The average Bonchev–Trinajstić information content (AvgIpc) is 2.88. The third kappa shape index (κ3) is 3.37. The van der Waals surface area contributed by atoms with Gasteiger partial charge in [0, 0.05) is 52.7 Å². The van der Waals surface area contributed by atoms with Crippen molar-refractivity contribution in [3.63, 3.8) is 0 Å². The van der Waals surface area contributed by atoms with E-state index < -0.39 is 0 Å². The molecule has 6 nitrogen and oxygen atoms in total. The maximum atomic E-state index is 12.9. The predicted octanol–water partition coefficient (Wildman–Crippen LogP) is 2.14. The molecule has 24 heavy (non-hydrogen) atoms. The van der Waals surface area contributed by atoms with Gasteiger partial charge in [0.2, 0.25) is 0 Å². The Morgan fingerprint density at radius 1 is 1.00 bits per heavy atom. The number of rotatable bonds is 1. The van der Waals surface area contributed by atoms with E-state index >= 15 is 0 Å². The van der Waals surface area contributed by atoms with Crippen molar-refractivity contribution in [2.45, 2.75) is 38.6 Å². The maximum absolute atomic E-state index is 12.9. The van der Waals surface area contributed by atoms with Gasteiger partial charge in [-0.1, -0.05) is 12.8 Å². The highest BCUT2D eigenvalue weighted by molar-refractivity contribution is 5.96. The van der Waals surface area contributed by atoms with Crippen LogP contribution in [0.25, 0.3) is 0 Å². The van der Waals surface area contributed by atoms with Gasteiger partial charge >= 0.3 is 6.03 Å². The standard InChI is InChI=1S/C18H26N4O2/c1-20(2)18(24)22-10-7-15-14(13-22)11-19-12-16(15)17(23)21-8-5-3-4-6-9-21/h11-12H,3-10,13H2,1-2H3. The minimum absolute atomic E-state index is 0.00453. The molecule has 0 bridgehead atoms. The quantitative estimate of drug-likeness (QED) is 0.793. The van der Waals surface area contributed by atoms with Gasteiger partial charge in [0.05, 0.1) is 5.56 Å². The lowest BCUT2D eigenvalue weighted by Crippen LogP contribution is -2.43. The van der Waals surface area contributed by atoms with Crippen LogP contribution in [-0.2, 0) is 13.0 Å². The Morgan fingerprint density at radius 3 is 2.38 bits per heavy atom. The lowest BCUT2D eigenvalue weighted by molar-refractivity contribution is 0.0759. The van der Waals surface area contributed by atoms with Gasteiger partial charge in [-0.05, 0) is 30.4 Å².